The lowest BCUT2D eigenvalue weighted by atomic mass is 10.1. The number of hydrogen-bond donors (Lipinski definition) is 1. The van der Waals surface area contributed by atoms with E-state index in [0.29, 0.717) is 23.1 Å². The van der Waals surface area contributed by atoms with Crippen molar-refractivity contribution in [3.05, 3.63) is 64.4 Å². The topological polar surface area (TPSA) is 72.7 Å². The first-order valence-electron chi connectivity index (χ1n) is 8.42. The molecule has 3 aromatic rings. The molecule has 2 aromatic carbocycles. The Hall–Kier alpha value is -2.87. The van der Waals surface area contributed by atoms with Gasteiger partial charge in [-0.1, -0.05) is 28.1 Å². The van der Waals surface area contributed by atoms with Crippen molar-refractivity contribution >= 4 is 33.6 Å². The van der Waals surface area contributed by atoms with Crippen LogP contribution in [-0.4, -0.2) is 26.1 Å². The Balaban J connectivity index is 1.49. The van der Waals surface area contributed by atoms with Crippen molar-refractivity contribution in [2.45, 2.75) is 18.9 Å². The van der Waals surface area contributed by atoms with Crippen molar-refractivity contribution in [1.29, 1.82) is 0 Å². The first-order valence-corrected chi connectivity index (χ1v) is 9.22. The van der Waals surface area contributed by atoms with E-state index in [9.17, 15) is 9.18 Å². The van der Waals surface area contributed by atoms with Crippen LogP contribution in [0.25, 0.3) is 17.5 Å². The van der Waals surface area contributed by atoms with E-state index < -0.39 is 5.82 Å². The maximum Gasteiger partial charge on any atom is 0.248 e. The molecule has 1 heterocycles. The first-order chi connectivity index (χ1) is 13.1. The molecule has 0 unspecified atom stereocenters. The number of carbonyl (C=O) groups excluding carboxylic acids is 1. The Morgan fingerprint density at radius 3 is 2.93 bits per heavy atom. The van der Waals surface area contributed by atoms with Crippen LogP contribution in [0, 0.1) is 5.82 Å². The van der Waals surface area contributed by atoms with E-state index in [1.54, 1.807) is 18.2 Å². The third-order valence-electron chi connectivity index (χ3n) is 4.15. The molecule has 1 aliphatic rings. The Morgan fingerprint density at radius 1 is 1.26 bits per heavy atom. The Morgan fingerprint density at radius 2 is 2.11 bits per heavy atom. The van der Waals surface area contributed by atoms with Gasteiger partial charge in [-0.2, -0.15) is 0 Å². The quantitative estimate of drug-likeness (QED) is 0.618. The molecule has 0 bridgehead atoms. The third kappa shape index (κ3) is 4.11. The fraction of sp³-hybridized carbons (Fsp3) is 0.158. The van der Waals surface area contributed by atoms with Gasteiger partial charge in [0, 0.05) is 27.4 Å². The highest BCUT2D eigenvalue weighted by Gasteiger charge is 2.28. The summed E-state index contributed by atoms with van der Waals surface area (Å²) in [6.45, 7) is 0. The molecule has 0 atom stereocenters. The summed E-state index contributed by atoms with van der Waals surface area (Å²) >= 11 is 3.29. The second-order valence-corrected chi connectivity index (χ2v) is 7.16. The molecule has 0 radical (unpaired) electrons. The highest BCUT2D eigenvalue weighted by Crippen LogP contribution is 2.36. The number of nitrogens with zero attached hydrogens (tertiary/aromatic N) is 4. The van der Waals surface area contributed by atoms with Crippen LogP contribution >= 0.6 is 15.9 Å². The number of aromatic nitrogens is 4. The van der Waals surface area contributed by atoms with Crippen LogP contribution in [0.4, 0.5) is 10.1 Å². The molecule has 1 aliphatic carbocycles. The highest BCUT2D eigenvalue weighted by atomic mass is 79.9. The molecular formula is C19H15BrFN5O. The minimum Gasteiger partial charge on any atom is -0.322 e. The zero-order valence-electron chi connectivity index (χ0n) is 14.1. The average molecular weight is 428 g/mol. The second-order valence-electron chi connectivity index (χ2n) is 6.25. The van der Waals surface area contributed by atoms with Gasteiger partial charge in [-0.25, -0.2) is 9.07 Å². The molecule has 8 heteroatoms. The van der Waals surface area contributed by atoms with E-state index >= 15 is 0 Å². The van der Waals surface area contributed by atoms with Crippen LogP contribution < -0.4 is 5.32 Å². The van der Waals surface area contributed by atoms with Crippen LogP contribution in [0.2, 0.25) is 0 Å². The van der Waals surface area contributed by atoms with Crippen molar-refractivity contribution in [3.63, 3.8) is 0 Å². The molecule has 136 valence electrons. The summed E-state index contributed by atoms with van der Waals surface area (Å²) in [6, 6.07) is 12.2. The summed E-state index contributed by atoms with van der Waals surface area (Å²) in [5, 5.41) is 14.7. The lowest BCUT2D eigenvalue weighted by Crippen LogP contribution is -2.08. The van der Waals surface area contributed by atoms with Crippen molar-refractivity contribution in [3.8, 4) is 11.4 Å². The van der Waals surface area contributed by atoms with Gasteiger partial charge in [-0.15, -0.1) is 5.10 Å². The van der Waals surface area contributed by atoms with E-state index in [0.717, 1.165) is 22.9 Å². The molecule has 1 saturated carbocycles. The lowest BCUT2D eigenvalue weighted by Gasteiger charge is -2.06. The smallest absolute Gasteiger partial charge is 0.248 e. The molecule has 6 nitrogen and oxygen atoms in total. The van der Waals surface area contributed by atoms with Gasteiger partial charge in [-0.3, -0.25) is 4.79 Å². The van der Waals surface area contributed by atoms with Gasteiger partial charge in [0.1, 0.15) is 5.82 Å². The van der Waals surface area contributed by atoms with Gasteiger partial charge >= 0.3 is 0 Å². The average Bonchev–Trinajstić information content (AvgIpc) is 3.39. The molecule has 0 aliphatic heterocycles. The SMILES string of the molecule is O=C(C=Cc1cc(Br)ccc1F)Nc1cccc(-c2nnnn2C2CC2)c1. The summed E-state index contributed by atoms with van der Waals surface area (Å²) in [6.07, 6.45) is 4.88. The molecule has 27 heavy (non-hydrogen) atoms. The molecular weight excluding hydrogens is 413 g/mol. The minimum absolute atomic E-state index is 0.330. The van der Waals surface area contributed by atoms with Crippen molar-refractivity contribution in [2.24, 2.45) is 0 Å². The molecule has 0 saturated heterocycles. The molecule has 1 N–H and O–H groups in total. The standard InChI is InChI=1S/C19H15BrFN5O/c20-14-5-8-17(21)12(10-14)4-9-18(27)22-15-3-1-2-13(11-15)19-23-24-25-26(19)16-6-7-16/h1-5,8-11,16H,6-7H2,(H,22,27). The maximum absolute atomic E-state index is 13.7. The van der Waals surface area contributed by atoms with Crippen LogP contribution in [0.5, 0.6) is 0 Å². The Bertz CT molecular complexity index is 1030. The normalized spacial score (nSPS) is 13.9. The maximum atomic E-state index is 13.7. The number of carbonyl (C=O) groups is 1. The fourth-order valence-electron chi connectivity index (χ4n) is 2.68. The van der Waals surface area contributed by atoms with E-state index in [-0.39, 0.29) is 5.91 Å². The second kappa shape index (κ2) is 7.40. The Labute approximate surface area is 163 Å². The van der Waals surface area contributed by atoms with Crippen molar-refractivity contribution < 1.29 is 9.18 Å². The largest absolute Gasteiger partial charge is 0.322 e. The summed E-state index contributed by atoms with van der Waals surface area (Å²) in [5.41, 5.74) is 1.77. The number of halogens is 2. The van der Waals surface area contributed by atoms with Gasteiger partial charge in [0.25, 0.3) is 0 Å². The van der Waals surface area contributed by atoms with Gasteiger partial charge in [0.2, 0.25) is 5.91 Å². The number of anilines is 1. The Kier molecular flexibility index (Phi) is 4.81. The summed E-state index contributed by atoms with van der Waals surface area (Å²) in [5.74, 6) is -0.0650. The van der Waals surface area contributed by atoms with Crippen molar-refractivity contribution in [1.82, 2.24) is 20.2 Å². The van der Waals surface area contributed by atoms with E-state index in [1.165, 1.54) is 18.2 Å². The summed E-state index contributed by atoms with van der Waals surface area (Å²) < 4.78 is 16.3. The van der Waals surface area contributed by atoms with E-state index in [4.69, 9.17) is 0 Å². The monoisotopic (exact) mass is 427 g/mol. The van der Waals surface area contributed by atoms with Gasteiger partial charge < -0.3 is 5.32 Å². The molecule has 4 rings (SSSR count). The number of nitrogens with one attached hydrogen (secondary N) is 1. The first kappa shape index (κ1) is 17.5. The number of benzene rings is 2. The summed E-state index contributed by atoms with van der Waals surface area (Å²) in [7, 11) is 0. The van der Waals surface area contributed by atoms with Gasteiger partial charge in [0.05, 0.1) is 6.04 Å². The number of rotatable bonds is 5. The van der Waals surface area contributed by atoms with Crippen LogP contribution in [0.3, 0.4) is 0 Å². The summed E-state index contributed by atoms with van der Waals surface area (Å²) in [4.78, 5) is 12.2. The predicted octanol–water partition coefficient (Wildman–Crippen LogP) is 4.23. The van der Waals surface area contributed by atoms with Crippen molar-refractivity contribution in [2.75, 3.05) is 5.32 Å². The molecule has 1 amide bonds. The van der Waals surface area contributed by atoms with Gasteiger partial charge in [-0.05, 0) is 59.7 Å². The van der Waals surface area contributed by atoms with Crippen LogP contribution in [-0.2, 0) is 4.79 Å². The minimum atomic E-state index is -0.392. The fourth-order valence-corrected chi connectivity index (χ4v) is 3.06. The van der Waals surface area contributed by atoms with E-state index in [2.05, 4.69) is 36.8 Å². The predicted molar refractivity (Wildman–Crippen MR) is 103 cm³/mol. The third-order valence-corrected chi connectivity index (χ3v) is 4.64. The number of amides is 1. The van der Waals surface area contributed by atoms with E-state index in [1.807, 2.05) is 22.9 Å². The lowest BCUT2D eigenvalue weighted by molar-refractivity contribution is -0.111. The zero-order valence-corrected chi connectivity index (χ0v) is 15.7. The molecule has 1 fully saturated rings. The number of tetrazole rings is 1. The number of hydrogen-bond acceptors (Lipinski definition) is 4. The molecule has 0 spiro atoms. The molecule has 1 aromatic heterocycles. The van der Waals surface area contributed by atoms with Crippen LogP contribution in [0.1, 0.15) is 24.4 Å². The van der Waals surface area contributed by atoms with Gasteiger partial charge in [0.15, 0.2) is 5.82 Å². The zero-order chi connectivity index (χ0) is 18.8. The van der Waals surface area contributed by atoms with Crippen LogP contribution in [0.15, 0.2) is 53.0 Å². The highest BCUT2D eigenvalue weighted by molar-refractivity contribution is 9.10.